The lowest BCUT2D eigenvalue weighted by Gasteiger charge is -2.01. The Morgan fingerprint density at radius 3 is 2.69 bits per heavy atom. The van der Waals surface area contributed by atoms with Crippen LogP contribution in [0.3, 0.4) is 0 Å². The molecule has 2 N–H and O–H groups in total. The minimum atomic E-state index is -0.750. The first-order valence-corrected chi connectivity index (χ1v) is 4.13. The fraction of sp³-hybridized carbons (Fsp3) is 0.143. The van der Waals surface area contributed by atoms with Crippen LogP contribution in [0.5, 0.6) is 0 Å². The van der Waals surface area contributed by atoms with Crippen LogP contribution in [0.2, 0.25) is 0 Å². The molecule has 1 rings (SSSR count). The highest BCUT2D eigenvalue weighted by Crippen LogP contribution is 2.31. The zero-order chi connectivity index (χ0) is 10.0. The highest BCUT2D eigenvalue weighted by atomic mass is 79.9. The van der Waals surface area contributed by atoms with Crippen LogP contribution in [-0.2, 0) is 6.67 Å². The summed E-state index contributed by atoms with van der Waals surface area (Å²) in [5, 5.41) is 10.4. The van der Waals surface area contributed by atoms with Crippen LogP contribution in [0.1, 0.15) is 5.56 Å². The molecule has 1 aromatic rings. The lowest BCUT2D eigenvalue weighted by atomic mass is 10.2. The molecular weight excluding hydrogens is 243 g/mol. The van der Waals surface area contributed by atoms with Gasteiger partial charge >= 0.3 is 0 Å². The summed E-state index contributed by atoms with van der Waals surface area (Å²) in [6.45, 7) is -0.750. The molecule has 0 spiro atoms. The first kappa shape index (κ1) is 9.91. The van der Waals surface area contributed by atoms with E-state index in [0.29, 0.717) is 4.47 Å². The molecule has 6 heteroatoms. The summed E-state index contributed by atoms with van der Waals surface area (Å²) >= 11 is 3.01. The maximum atomic E-state index is 12.2. The second kappa shape index (κ2) is 3.69. The molecule has 1 aromatic carbocycles. The van der Waals surface area contributed by atoms with Crippen LogP contribution < -0.4 is 5.73 Å². The summed E-state index contributed by atoms with van der Waals surface area (Å²) < 4.78 is 12.5. The van der Waals surface area contributed by atoms with Gasteiger partial charge in [0.1, 0.15) is 12.4 Å². The third-order valence-electron chi connectivity index (χ3n) is 1.52. The van der Waals surface area contributed by atoms with Gasteiger partial charge in [0.25, 0.3) is 5.69 Å². The highest BCUT2D eigenvalue weighted by molar-refractivity contribution is 9.10. The number of anilines is 1. The summed E-state index contributed by atoms with van der Waals surface area (Å²) in [4.78, 5) is 9.78. The van der Waals surface area contributed by atoms with Gasteiger partial charge in [-0.1, -0.05) is 0 Å². The molecule has 0 atom stereocenters. The number of benzene rings is 1. The number of hydrogen-bond acceptors (Lipinski definition) is 3. The Kier molecular flexibility index (Phi) is 2.82. The fourth-order valence-electron chi connectivity index (χ4n) is 0.886. The van der Waals surface area contributed by atoms with Gasteiger partial charge in [-0.2, -0.15) is 0 Å². The largest absolute Gasteiger partial charge is 0.392 e. The first-order chi connectivity index (χ1) is 6.06. The van der Waals surface area contributed by atoms with Crippen molar-refractivity contribution in [2.75, 3.05) is 5.73 Å². The minimum absolute atomic E-state index is 0.0159. The van der Waals surface area contributed by atoms with Gasteiger partial charge < -0.3 is 5.73 Å². The smallest absolute Gasteiger partial charge is 0.293 e. The molecule has 0 saturated carbocycles. The van der Waals surface area contributed by atoms with Crippen LogP contribution in [0.15, 0.2) is 16.6 Å². The maximum Gasteiger partial charge on any atom is 0.293 e. The van der Waals surface area contributed by atoms with Crippen LogP contribution in [0.4, 0.5) is 15.8 Å². The van der Waals surface area contributed by atoms with Gasteiger partial charge in [-0.05, 0) is 27.6 Å². The Labute approximate surface area is 81.8 Å². The molecule has 0 radical (unpaired) electrons. The van der Waals surface area contributed by atoms with E-state index < -0.39 is 11.6 Å². The van der Waals surface area contributed by atoms with Crippen LogP contribution in [-0.4, -0.2) is 4.92 Å². The van der Waals surface area contributed by atoms with E-state index in [9.17, 15) is 14.5 Å². The molecule has 0 aliphatic heterocycles. The van der Waals surface area contributed by atoms with Crippen molar-refractivity contribution in [2.24, 2.45) is 0 Å². The average molecular weight is 249 g/mol. The normalized spacial score (nSPS) is 10.0. The standard InChI is InChI=1S/C7H6BrFN2O2/c8-5-1-4(3-9)2-6(7(5)10)11(12)13/h1-2H,3,10H2. The SMILES string of the molecule is Nc1c(Br)cc(CF)cc1[N+](=O)[O-]. The van der Waals surface area contributed by atoms with Crippen molar-refractivity contribution in [3.8, 4) is 0 Å². The van der Waals surface area contributed by atoms with Crippen LogP contribution in [0.25, 0.3) is 0 Å². The van der Waals surface area contributed by atoms with Gasteiger partial charge in [-0.25, -0.2) is 4.39 Å². The van der Waals surface area contributed by atoms with Crippen molar-refractivity contribution in [3.63, 3.8) is 0 Å². The van der Waals surface area contributed by atoms with Crippen molar-refractivity contribution in [1.29, 1.82) is 0 Å². The van der Waals surface area contributed by atoms with Crippen molar-refractivity contribution >= 4 is 27.3 Å². The third kappa shape index (κ3) is 1.95. The van der Waals surface area contributed by atoms with Gasteiger partial charge in [0.2, 0.25) is 0 Å². The molecule has 0 saturated heterocycles. The van der Waals surface area contributed by atoms with Crippen LogP contribution in [0, 0.1) is 10.1 Å². The molecule has 0 bridgehead atoms. The number of alkyl halides is 1. The Morgan fingerprint density at radius 2 is 2.23 bits per heavy atom. The predicted octanol–water partition coefficient (Wildman–Crippen LogP) is 2.41. The Morgan fingerprint density at radius 1 is 1.62 bits per heavy atom. The van der Waals surface area contributed by atoms with E-state index in [0.717, 1.165) is 6.07 Å². The molecule has 0 aliphatic carbocycles. The van der Waals surface area contributed by atoms with Gasteiger partial charge in [0.05, 0.1) is 4.92 Å². The lowest BCUT2D eigenvalue weighted by Crippen LogP contribution is -1.97. The van der Waals surface area contributed by atoms with Crippen molar-refractivity contribution in [3.05, 3.63) is 32.3 Å². The monoisotopic (exact) mass is 248 g/mol. The summed E-state index contributed by atoms with van der Waals surface area (Å²) in [6.07, 6.45) is 0. The number of halogens is 2. The first-order valence-electron chi connectivity index (χ1n) is 3.34. The zero-order valence-electron chi connectivity index (χ0n) is 6.46. The van der Waals surface area contributed by atoms with Crippen molar-refractivity contribution in [2.45, 2.75) is 6.67 Å². The topological polar surface area (TPSA) is 69.2 Å². The second-order valence-corrected chi connectivity index (χ2v) is 3.26. The summed E-state index contributed by atoms with van der Waals surface area (Å²) in [6, 6.07) is 2.54. The fourth-order valence-corrected chi connectivity index (χ4v) is 1.38. The Bertz CT molecular complexity index is 357. The van der Waals surface area contributed by atoms with E-state index in [-0.39, 0.29) is 16.9 Å². The molecule has 0 amide bonds. The zero-order valence-corrected chi connectivity index (χ0v) is 8.04. The predicted molar refractivity (Wildman–Crippen MR) is 50.0 cm³/mol. The highest BCUT2D eigenvalue weighted by Gasteiger charge is 2.15. The number of nitrogens with two attached hydrogens (primary N) is 1. The molecular formula is C7H6BrFN2O2. The molecule has 0 heterocycles. The van der Waals surface area contributed by atoms with Crippen molar-refractivity contribution in [1.82, 2.24) is 0 Å². The number of nitro benzene ring substituents is 1. The van der Waals surface area contributed by atoms with E-state index >= 15 is 0 Å². The summed E-state index contributed by atoms with van der Waals surface area (Å²) in [5.41, 5.74) is 5.37. The molecule has 0 aromatic heterocycles. The van der Waals surface area contributed by atoms with E-state index in [1.165, 1.54) is 6.07 Å². The second-order valence-electron chi connectivity index (χ2n) is 2.40. The molecule has 13 heavy (non-hydrogen) atoms. The lowest BCUT2D eigenvalue weighted by molar-refractivity contribution is -0.384. The van der Waals surface area contributed by atoms with E-state index in [1.807, 2.05) is 0 Å². The number of nitrogen functional groups attached to an aromatic ring is 1. The van der Waals surface area contributed by atoms with Gasteiger partial charge in [-0.15, -0.1) is 0 Å². The molecule has 70 valence electrons. The molecule has 0 unspecified atom stereocenters. The van der Waals surface area contributed by atoms with Crippen molar-refractivity contribution < 1.29 is 9.31 Å². The molecule has 0 fully saturated rings. The number of hydrogen-bond donors (Lipinski definition) is 1. The Balaban J connectivity index is 3.33. The molecule has 0 aliphatic rings. The summed E-state index contributed by atoms with van der Waals surface area (Å²) in [7, 11) is 0. The van der Waals surface area contributed by atoms with E-state index in [2.05, 4.69) is 15.9 Å². The van der Waals surface area contributed by atoms with Crippen LogP contribution >= 0.6 is 15.9 Å². The van der Waals surface area contributed by atoms with Gasteiger partial charge in [0.15, 0.2) is 0 Å². The number of nitrogens with zero attached hydrogens (tertiary/aromatic N) is 1. The minimum Gasteiger partial charge on any atom is -0.392 e. The van der Waals surface area contributed by atoms with Gasteiger partial charge in [-0.3, -0.25) is 10.1 Å². The van der Waals surface area contributed by atoms with E-state index in [4.69, 9.17) is 5.73 Å². The van der Waals surface area contributed by atoms with Gasteiger partial charge in [0, 0.05) is 10.5 Å². The quantitative estimate of drug-likeness (QED) is 0.497. The number of rotatable bonds is 2. The third-order valence-corrected chi connectivity index (χ3v) is 2.17. The summed E-state index contributed by atoms with van der Waals surface area (Å²) in [5.74, 6) is 0. The Hall–Kier alpha value is -1.17. The number of nitro groups is 1. The average Bonchev–Trinajstić information content (AvgIpc) is 2.09. The maximum absolute atomic E-state index is 12.2. The van der Waals surface area contributed by atoms with E-state index in [1.54, 1.807) is 0 Å². The molecule has 4 nitrogen and oxygen atoms in total.